The zero-order valence-corrected chi connectivity index (χ0v) is 18.4. The Morgan fingerprint density at radius 3 is 2.69 bits per heavy atom. The van der Waals surface area contributed by atoms with Crippen LogP contribution in [0.1, 0.15) is 5.01 Å². The Hall–Kier alpha value is -3.82. The molecule has 0 saturated heterocycles. The number of benzene rings is 1. The number of hydrogen-bond donors (Lipinski definition) is 1. The van der Waals surface area contributed by atoms with Gasteiger partial charge in [-0.1, -0.05) is 12.1 Å². The molecule has 7 nitrogen and oxygen atoms in total. The highest BCUT2D eigenvalue weighted by molar-refractivity contribution is 7.15. The van der Waals surface area contributed by atoms with Crippen molar-refractivity contribution in [1.82, 2.24) is 29.9 Å². The van der Waals surface area contributed by atoms with E-state index in [0.29, 0.717) is 27.4 Å². The fourth-order valence-corrected chi connectivity index (χ4v) is 5.02. The van der Waals surface area contributed by atoms with Crippen molar-refractivity contribution in [3.8, 4) is 32.4 Å². The molecule has 6 rings (SSSR count). The highest BCUT2D eigenvalue weighted by Crippen LogP contribution is 2.35. The third kappa shape index (κ3) is 3.19. The summed E-state index contributed by atoms with van der Waals surface area (Å²) in [6.45, 7) is 1.95. The van der Waals surface area contributed by atoms with E-state index in [-0.39, 0.29) is 5.56 Å². The fraction of sp³-hybridized carbons (Fsp3) is 0.0435. The fourth-order valence-electron chi connectivity index (χ4n) is 3.60. The number of aromatic nitrogens is 6. The second-order valence-electron chi connectivity index (χ2n) is 7.16. The van der Waals surface area contributed by atoms with E-state index >= 15 is 0 Å². The summed E-state index contributed by atoms with van der Waals surface area (Å²) in [4.78, 5) is 39.3. The zero-order chi connectivity index (χ0) is 21.7. The minimum atomic E-state index is -0.238. The Balaban J connectivity index is 1.64. The van der Waals surface area contributed by atoms with Gasteiger partial charge in [-0.2, -0.15) is 0 Å². The van der Waals surface area contributed by atoms with Crippen molar-refractivity contribution in [2.45, 2.75) is 6.92 Å². The molecule has 0 unspecified atom stereocenters. The van der Waals surface area contributed by atoms with Gasteiger partial charge in [0.25, 0.3) is 5.56 Å². The molecule has 5 heterocycles. The van der Waals surface area contributed by atoms with Crippen molar-refractivity contribution in [2.24, 2.45) is 0 Å². The number of nitrogens with zero attached hydrogens (tertiary/aromatic N) is 5. The van der Waals surface area contributed by atoms with Crippen molar-refractivity contribution in [1.29, 1.82) is 0 Å². The number of rotatable bonds is 3. The lowest BCUT2D eigenvalue weighted by atomic mass is 10.1. The van der Waals surface area contributed by atoms with Gasteiger partial charge in [-0.25, -0.2) is 19.9 Å². The third-order valence-electron chi connectivity index (χ3n) is 5.07. The minimum absolute atomic E-state index is 0.238. The molecule has 0 aliphatic rings. The first kappa shape index (κ1) is 18.9. The number of nitrogens with one attached hydrogen (secondary N) is 1. The Bertz CT molecular complexity index is 1670. The van der Waals surface area contributed by atoms with Gasteiger partial charge in [-0.05, 0) is 31.2 Å². The predicted molar refractivity (Wildman–Crippen MR) is 128 cm³/mol. The number of aromatic amines is 1. The van der Waals surface area contributed by atoms with E-state index < -0.39 is 0 Å². The summed E-state index contributed by atoms with van der Waals surface area (Å²) in [5.41, 5.74) is 4.52. The van der Waals surface area contributed by atoms with Gasteiger partial charge >= 0.3 is 0 Å². The van der Waals surface area contributed by atoms with Crippen molar-refractivity contribution in [3.05, 3.63) is 75.7 Å². The first-order valence-corrected chi connectivity index (χ1v) is 11.5. The van der Waals surface area contributed by atoms with Crippen LogP contribution in [0.2, 0.25) is 0 Å². The molecule has 154 valence electrons. The smallest absolute Gasteiger partial charge is 0.260 e. The van der Waals surface area contributed by atoms with Crippen LogP contribution < -0.4 is 5.56 Å². The maximum atomic E-state index is 12.7. The standard InChI is InChI=1S/C23H14N6OS2/c1-12-26-11-18(32-12)20-19(14-4-5-16-13(9-14)3-2-6-24-16)27-17-10-15(23-25-7-8-31-23)22(30)29-21(17)28-20/h2-11H,1H3,(H,28,29,30). The summed E-state index contributed by atoms with van der Waals surface area (Å²) in [7, 11) is 0. The number of thiazole rings is 2. The lowest BCUT2D eigenvalue weighted by Gasteiger charge is -2.10. The number of hydrogen-bond acceptors (Lipinski definition) is 8. The van der Waals surface area contributed by atoms with Crippen LogP contribution in [0, 0.1) is 6.92 Å². The summed E-state index contributed by atoms with van der Waals surface area (Å²) < 4.78 is 0. The molecule has 32 heavy (non-hydrogen) atoms. The molecule has 0 saturated carbocycles. The van der Waals surface area contributed by atoms with Gasteiger partial charge in [0.05, 0.1) is 26.7 Å². The maximum Gasteiger partial charge on any atom is 0.260 e. The summed E-state index contributed by atoms with van der Waals surface area (Å²) in [5.74, 6) is 0. The Labute approximate surface area is 189 Å². The molecule has 0 spiro atoms. The molecule has 0 radical (unpaired) electrons. The molecule has 1 aromatic carbocycles. The Morgan fingerprint density at radius 2 is 1.88 bits per heavy atom. The van der Waals surface area contributed by atoms with Crippen LogP contribution in [0.5, 0.6) is 0 Å². The van der Waals surface area contributed by atoms with Gasteiger partial charge < -0.3 is 4.98 Å². The van der Waals surface area contributed by atoms with Crippen molar-refractivity contribution < 1.29 is 0 Å². The van der Waals surface area contributed by atoms with Crippen molar-refractivity contribution >= 4 is 44.7 Å². The van der Waals surface area contributed by atoms with Crippen LogP contribution in [0.15, 0.2) is 65.2 Å². The van der Waals surface area contributed by atoms with Gasteiger partial charge in [0.2, 0.25) is 0 Å². The molecule has 9 heteroatoms. The van der Waals surface area contributed by atoms with E-state index in [1.54, 1.807) is 36.0 Å². The molecule has 0 fully saturated rings. The van der Waals surface area contributed by atoms with Crippen LogP contribution in [0.4, 0.5) is 0 Å². The summed E-state index contributed by atoms with van der Waals surface area (Å²) in [6.07, 6.45) is 5.25. The van der Waals surface area contributed by atoms with E-state index in [4.69, 9.17) is 9.97 Å². The first-order chi connectivity index (χ1) is 15.7. The average molecular weight is 455 g/mol. The Kier molecular flexibility index (Phi) is 4.37. The number of pyridine rings is 2. The second-order valence-corrected chi connectivity index (χ2v) is 9.29. The average Bonchev–Trinajstić information content (AvgIpc) is 3.49. The lowest BCUT2D eigenvalue weighted by molar-refractivity contribution is 1.19. The van der Waals surface area contributed by atoms with E-state index in [2.05, 4.69) is 26.0 Å². The number of fused-ring (bicyclic) bond motifs is 2. The molecule has 0 atom stereocenters. The van der Waals surface area contributed by atoms with Crippen LogP contribution >= 0.6 is 22.7 Å². The van der Waals surface area contributed by atoms with Crippen LogP contribution in [-0.4, -0.2) is 29.9 Å². The largest absolute Gasteiger partial charge is 0.305 e. The molecule has 6 aromatic rings. The summed E-state index contributed by atoms with van der Waals surface area (Å²) >= 11 is 2.95. The van der Waals surface area contributed by atoms with Crippen LogP contribution in [-0.2, 0) is 0 Å². The van der Waals surface area contributed by atoms with E-state index in [1.165, 1.54) is 11.3 Å². The van der Waals surface area contributed by atoms with E-state index in [1.807, 2.05) is 36.6 Å². The molecular weight excluding hydrogens is 440 g/mol. The van der Waals surface area contributed by atoms with Gasteiger partial charge in [0.15, 0.2) is 5.65 Å². The summed E-state index contributed by atoms with van der Waals surface area (Å²) in [5, 5.41) is 4.44. The van der Waals surface area contributed by atoms with E-state index in [0.717, 1.165) is 32.0 Å². The summed E-state index contributed by atoms with van der Waals surface area (Å²) in [6, 6.07) is 11.7. The zero-order valence-electron chi connectivity index (χ0n) is 16.7. The first-order valence-electron chi connectivity index (χ1n) is 9.78. The molecule has 5 aromatic heterocycles. The quantitative estimate of drug-likeness (QED) is 0.400. The van der Waals surface area contributed by atoms with Crippen molar-refractivity contribution in [3.63, 3.8) is 0 Å². The topological polar surface area (TPSA) is 97.3 Å². The van der Waals surface area contributed by atoms with Crippen LogP contribution in [0.25, 0.3) is 54.5 Å². The monoisotopic (exact) mass is 454 g/mol. The highest BCUT2D eigenvalue weighted by atomic mass is 32.1. The van der Waals surface area contributed by atoms with Gasteiger partial charge in [0, 0.05) is 34.9 Å². The molecule has 0 bridgehead atoms. The SMILES string of the molecule is Cc1ncc(-c2nc3[nH]c(=O)c(-c4nccs4)cc3nc2-c2ccc3ncccc3c2)s1. The highest BCUT2D eigenvalue weighted by Gasteiger charge is 2.18. The van der Waals surface area contributed by atoms with Gasteiger partial charge in [-0.3, -0.25) is 9.78 Å². The number of aryl methyl sites for hydroxylation is 1. The number of H-pyrrole nitrogens is 1. The van der Waals surface area contributed by atoms with Gasteiger partial charge in [-0.15, -0.1) is 22.7 Å². The third-order valence-corrected chi connectivity index (χ3v) is 6.80. The second kappa shape index (κ2) is 7.40. The molecule has 0 amide bonds. The predicted octanol–water partition coefficient (Wildman–Crippen LogP) is 5.09. The lowest BCUT2D eigenvalue weighted by Crippen LogP contribution is -2.10. The molecule has 0 aliphatic heterocycles. The minimum Gasteiger partial charge on any atom is -0.305 e. The molecule has 1 N–H and O–H groups in total. The maximum absolute atomic E-state index is 12.7. The molecular formula is C23H14N6OS2. The normalized spacial score (nSPS) is 11.4. The van der Waals surface area contributed by atoms with Gasteiger partial charge in [0.1, 0.15) is 16.2 Å². The van der Waals surface area contributed by atoms with Crippen LogP contribution in [0.3, 0.4) is 0 Å². The Morgan fingerprint density at radius 1 is 0.938 bits per heavy atom. The van der Waals surface area contributed by atoms with E-state index in [9.17, 15) is 4.79 Å². The molecule has 0 aliphatic carbocycles. The van der Waals surface area contributed by atoms with Crippen molar-refractivity contribution in [2.75, 3.05) is 0 Å².